The van der Waals surface area contributed by atoms with Gasteiger partial charge in [0.25, 0.3) is 5.91 Å². The molecule has 22 heavy (non-hydrogen) atoms. The van der Waals surface area contributed by atoms with Crippen molar-refractivity contribution in [1.29, 1.82) is 0 Å². The molecule has 5 heteroatoms. The Labute approximate surface area is 129 Å². The molecule has 1 aliphatic carbocycles. The van der Waals surface area contributed by atoms with Gasteiger partial charge in [0.05, 0.1) is 5.69 Å². The van der Waals surface area contributed by atoms with E-state index in [-0.39, 0.29) is 5.91 Å². The van der Waals surface area contributed by atoms with E-state index in [1.54, 1.807) is 6.07 Å². The van der Waals surface area contributed by atoms with E-state index < -0.39 is 0 Å². The lowest BCUT2D eigenvalue weighted by Gasteiger charge is -2.18. The summed E-state index contributed by atoms with van der Waals surface area (Å²) >= 11 is 0. The number of nitrogens with zero attached hydrogens (tertiary/aromatic N) is 2. The van der Waals surface area contributed by atoms with Gasteiger partial charge in [-0.2, -0.15) is 10.2 Å². The lowest BCUT2D eigenvalue weighted by Crippen LogP contribution is -2.22. The standard InChI is InChI=1S/C17H20N4O/c1-12-7-9-14(10-8-12)18-21-17(22)16-11-15(19-20-16)13-5-3-2-4-6-13/h2-6,11-12H,7-10H2,1H3,(H,19,20)(H,21,22). The van der Waals surface area contributed by atoms with Gasteiger partial charge in [-0.25, -0.2) is 5.43 Å². The van der Waals surface area contributed by atoms with Gasteiger partial charge in [-0.15, -0.1) is 0 Å². The van der Waals surface area contributed by atoms with Gasteiger partial charge in [0, 0.05) is 11.3 Å². The fourth-order valence-corrected chi connectivity index (χ4v) is 2.59. The second-order valence-corrected chi connectivity index (χ2v) is 5.83. The maximum absolute atomic E-state index is 12.1. The summed E-state index contributed by atoms with van der Waals surface area (Å²) in [6.45, 7) is 2.26. The van der Waals surface area contributed by atoms with Crippen LogP contribution in [0, 0.1) is 5.92 Å². The molecule has 5 nitrogen and oxygen atoms in total. The largest absolute Gasteiger partial charge is 0.289 e. The van der Waals surface area contributed by atoms with Gasteiger partial charge in [-0.1, -0.05) is 37.3 Å². The SMILES string of the molecule is CC1CCC(=NNC(=O)c2cc(-c3ccccc3)n[nH]2)CC1. The van der Waals surface area contributed by atoms with Crippen LogP contribution in [0.1, 0.15) is 43.1 Å². The molecule has 1 heterocycles. The van der Waals surface area contributed by atoms with Gasteiger partial charge in [-0.3, -0.25) is 9.89 Å². The number of benzene rings is 1. The predicted octanol–water partition coefficient (Wildman–Crippen LogP) is 3.37. The van der Waals surface area contributed by atoms with Crippen molar-refractivity contribution in [1.82, 2.24) is 15.6 Å². The third-order valence-electron chi connectivity index (χ3n) is 4.06. The zero-order valence-corrected chi connectivity index (χ0v) is 12.7. The van der Waals surface area contributed by atoms with Crippen LogP contribution in [0.4, 0.5) is 0 Å². The molecule has 1 aliphatic rings. The van der Waals surface area contributed by atoms with Crippen molar-refractivity contribution in [2.24, 2.45) is 11.0 Å². The van der Waals surface area contributed by atoms with Gasteiger partial charge in [0.2, 0.25) is 0 Å². The Balaban J connectivity index is 1.64. The first-order valence-corrected chi connectivity index (χ1v) is 7.69. The molecule has 2 N–H and O–H groups in total. The maximum Gasteiger partial charge on any atom is 0.289 e. The average molecular weight is 296 g/mol. The highest BCUT2D eigenvalue weighted by Gasteiger charge is 2.15. The van der Waals surface area contributed by atoms with Crippen LogP contribution in [-0.2, 0) is 0 Å². The third kappa shape index (κ3) is 3.42. The number of carbonyl (C=O) groups excluding carboxylic acids is 1. The normalized spacial score (nSPS) is 18.0. The number of H-pyrrole nitrogens is 1. The number of hydrogen-bond acceptors (Lipinski definition) is 3. The maximum atomic E-state index is 12.1. The van der Waals surface area contributed by atoms with Gasteiger partial charge < -0.3 is 0 Å². The number of amides is 1. The number of aromatic amines is 1. The fraction of sp³-hybridized carbons (Fsp3) is 0.353. The van der Waals surface area contributed by atoms with E-state index in [2.05, 4.69) is 27.6 Å². The van der Waals surface area contributed by atoms with E-state index in [0.29, 0.717) is 5.69 Å². The van der Waals surface area contributed by atoms with Gasteiger partial charge in [0.15, 0.2) is 0 Å². The highest BCUT2D eigenvalue weighted by molar-refractivity contribution is 5.94. The van der Waals surface area contributed by atoms with Crippen molar-refractivity contribution >= 4 is 11.6 Å². The van der Waals surface area contributed by atoms with E-state index in [9.17, 15) is 4.79 Å². The average Bonchev–Trinajstić information content (AvgIpc) is 3.05. The van der Waals surface area contributed by atoms with Crippen molar-refractivity contribution in [3.8, 4) is 11.3 Å². The van der Waals surface area contributed by atoms with Crippen LogP contribution in [0.5, 0.6) is 0 Å². The lowest BCUT2D eigenvalue weighted by molar-refractivity contribution is 0.0949. The topological polar surface area (TPSA) is 70.1 Å². The van der Waals surface area contributed by atoms with Crippen LogP contribution in [0.25, 0.3) is 11.3 Å². The zero-order valence-electron chi connectivity index (χ0n) is 12.7. The Kier molecular flexibility index (Phi) is 4.32. The first-order valence-electron chi connectivity index (χ1n) is 7.69. The van der Waals surface area contributed by atoms with E-state index in [0.717, 1.165) is 48.6 Å². The molecule has 1 fully saturated rings. The van der Waals surface area contributed by atoms with Gasteiger partial charge in [0.1, 0.15) is 5.69 Å². The molecule has 0 radical (unpaired) electrons. The molecule has 1 saturated carbocycles. The Morgan fingerprint density at radius 2 is 2.00 bits per heavy atom. The Morgan fingerprint density at radius 3 is 2.73 bits per heavy atom. The molecule has 114 valence electrons. The van der Waals surface area contributed by atoms with Crippen LogP contribution in [0.15, 0.2) is 41.5 Å². The van der Waals surface area contributed by atoms with Crippen molar-refractivity contribution in [2.45, 2.75) is 32.6 Å². The van der Waals surface area contributed by atoms with E-state index in [4.69, 9.17) is 0 Å². The van der Waals surface area contributed by atoms with E-state index in [1.807, 2.05) is 30.3 Å². The molecule has 0 bridgehead atoms. The monoisotopic (exact) mass is 296 g/mol. The molecule has 1 aromatic carbocycles. The molecule has 3 rings (SSSR count). The van der Waals surface area contributed by atoms with Crippen molar-refractivity contribution in [3.63, 3.8) is 0 Å². The Morgan fingerprint density at radius 1 is 1.27 bits per heavy atom. The van der Waals surface area contributed by atoms with Gasteiger partial charge >= 0.3 is 0 Å². The number of nitrogens with one attached hydrogen (secondary N) is 2. The minimum Gasteiger partial charge on any atom is -0.272 e. The smallest absolute Gasteiger partial charge is 0.272 e. The van der Waals surface area contributed by atoms with Crippen LogP contribution in [0.2, 0.25) is 0 Å². The second-order valence-electron chi connectivity index (χ2n) is 5.83. The van der Waals surface area contributed by atoms with Crippen molar-refractivity contribution in [3.05, 3.63) is 42.1 Å². The Bertz CT molecular complexity index is 665. The number of rotatable bonds is 3. The number of carbonyl (C=O) groups is 1. The summed E-state index contributed by atoms with van der Waals surface area (Å²) < 4.78 is 0. The lowest BCUT2D eigenvalue weighted by atomic mass is 9.90. The molecule has 0 saturated heterocycles. The molecular weight excluding hydrogens is 276 g/mol. The highest BCUT2D eigenvalue weighted by Crippen LogP contribution is 2.21. The summed E-state index contributed by atoms with van der Waals surface area (Å²) in [5.41, 5.74) is 5.86. The number of hydrogen-bond donors (Lipinski definition) is 2. The van der Waals surface area contributed by atoms with Crippen LogP contribution < -0.4 is 5.43 Å². The Hall–Kier alpha value is -2.43. The minimum absolute atomic E-state index is 0.249. The van der Waals surface area contributed by atoms with E-state index in [1.165, 1.54) is 0 Å². The second kappa shape index (κ2) is 6.56. The molecule has 1 aromatic heterocycles. The third-order valence-corrected chi connectivity index (χ3v) is 4.06. The summed E-state index contributed by atoms with van der Waals surface area (Å²) in [4.78, 5) is 12.1. The summed E-state index contributed by atoms with van der Waals surface area (Å²) in [5.74, 6) is 0.511. The van der Waals surface area contributed by atoms with Crippen molar-refractivity contribution < 1.29 is 4.79 Å². The summed E-state index contributed by atoms with van der Waals surface area (Å²) in [6.07, 6.45) is 4.24. The first kappa shape index (κ1) is 14.5. The zero-order chi connectivity index (χ0) is 15.4. The summed E-state index contributed by atoms with van der Waals surface area (Å²) in [5, 5.41) is 11.2. The predicted molar refractivity (Wildman–Crippen MR) is 86.6 cm³/mol. The van der Waals surface area contributed by atoms with Crippen molar-refractivity contribution in [2.75, 3.05) is 0 Å². The molecule has 0 aliphatic heterocycles. The molecule has 0 unspecified atom stereocenters. The number of aromatic nitrogens is 2. The summed E-state index contributed by atoms with van der Waals surface area (Å²) in [6, 6.07) is 11.5. The number of hydrazone groups is 1. The van der Waals surface area contributed by atoms with Crippen LogP contribution in [0.3, 0.4) is 0 Å². The summed E-state index contributed by atoms with van der Waals surface area (Å²) in [7, 11) is 0. The highest BCUT2D eigenvalue weighted by atomic mass is 16.2. The van der Waals surface area contributed by atoms with Crippen LogP contribution in [-0.4, -0.2) is 21.8 Å². The molecule has 1 amide bonds. The van der Waals surface area contributed by atoms with Gasteiger partial charge in [-0.05, 0) is 37.7 Å². The quantitative estimate of drug-likeness (QED) is 0.852. The van der Waals surface area contributed by atoms with E-state index >= 15 is 0 Å². The van der Waals surface area contributed by atoms with Crippen LogP contribution >= 0.6 is 0 Å². The first-order chi connectivity index (χ1) is 10.7. The molecule has 2 aromatic rings. The molecule has 0 atom stereocenters. The minimum atomic E-state index is -0.249. The molecular formula is C17H20N4O. The molecule has 0 spiro atoms. The fourth-order valence-electron chi connectivity index (χ4n) is 2.59.